The van der Waals surface area contributed by atoms with Gasteiger partial charge in [0.15, 0.2) is 0 Å². The standard InChI is InChI=1S/C74H48O2S/c1-73(2)59-37-55-56-38-60-58(70-50-18-8-6-16-48(50)54(36-62(70)74(60,3)4)44-33-29-42(30-34-44)46-22-14-26-66-72(46)52-20-10-12-24-64(52)76-66)40-68(56)77-67(55)39-57(59)69-49-17-7-5-15-47(49)53(35-61(69)73)43-31-27-41(28-32-43)45-21-13-25-65-71(45)51-19-9-11-23-63(51)75-65/h5-40H,1-4H3. The third-order valence-corrected chi connectivity index (χ3v) is 19.0. The zero-order valence-electron chi connectivity index (χ0n) is 43.0. The number of fused-ring (bicyclic) bond motifs is 19. The average molecular weight is 1000 g/mol. The summed E-state index contributed by atoms with van der Waals surface area (Å²) in [5.41, 5.74) is 24.0. The number of rotatable bonds is 4. The van der Waals surface area contributed by atoms with E-state index in [0.717, 1.165) is 33.1 Å². The van der Waals surface area contributed by atoms with E-state index < -0.39 is 0 Å². The van der Waals surface area contributed by atoms with Gasteiger partial charge in [-0.05, 0) is 171 Å². The molecule has 0 aliphatic heterocycles. The van der Waals surface area contributed by atoms with Gasteiger partial charge in [-0.3, -0.25) is 0 Å². The van der Waals surface area contributed by atoms with E-state index >= 15 is 0 Å². The molecule has 3 heterocycles. The second kappa shape index (κ2) is 15.3. The van der Waals surface area contributed by atoms with Gasteiger partial charge < -0.3 is 8.83 Å². The van der Waals surface area contributed by atoms with E-state index in [1.165, 1.54) is 142 Å². The maximum atomic E-state index is 6.28. The minimum atomic E-state index is -0.218. The molecule has 0 radical (unpaired) electrons. The van der Waals surface area contributed by atoms with Crippen molar-refractivity contribution in [2.24, 2.45) is 0 Å². The smallest absolute Gasteiger partial charge is 0.136 e. The predicted octanol–water partition coefficient (Wildman–Crippen LogP) is 21.4. The molecule has 0 fully saturated rings. The van der Waals surface area contributed by atoms with Crippen LogP contribution in [0.4, 0.5) is 0 Å². The third kappa shape index (κ3) is 5.90. The van der Waals surface area contributed by atoms with Crippen molar-refractivity contribution >= 4 is 96.9 Å². The van der Waals surface area contributed by atoms with Gasteiger partial charge in [-0.1, -0.05) is 185 Å². The summed E-state index contributed by atoms with van der Waals surface area (Å²) >= 11 is 1.94. The van der Waals surface area contributed by atoms with E-state index in [1.54, 1.807) is 0 Å². The number of benzene rings is 12. The molecule has 15 aromatic rings. The van der Waals surface area contributed by atoms with Gasteiger partial charge in [-0.25, -0.2) is 0 Å². The summed E-state index contributed by atoms with van der Waals surface area (Å²) in [7, 11) is 0. The first kappa shape index (κ1) is 43.2. The van der Waals surface area contributed by atoms with Crippen LogP contribution in [0.2, 0.25) is 0 Å². The van der Waals surface area contributed by atoms with Crippen molar-refractivity contribution in [3.63, 3.8) is 0 Å². The Morgan fingerprint density at radius 3 is 1.04 bits per heavy atom. The van der Waals surface area contributed by atoms with Crippen LogP contribution in [-0.4, -0.2) is 0 Å². The first-order valence-corrected chi connectivity index (χ1v) is 27.7. The first-order valence-electron chi connectivity index (χ1n) is 26.9. The third-order valence-electron chi connectivity index (χ3n) is 17.9. The van der Waals surface area contributed by atoms with Crippen LogP contribution in [-0.2, 0) is 10.8 Å². The van der Waals surface area contributed by atoms with Gasteiger partial charge in [-0.2, -0.15) is 0 Å². The quantitative estimate of drug-likeness (QED) is 0.176. The highest BCUT2D eigenvalue weighted by atomic mass is 32.1. The molecule has 0 atom stereocenters. The van der Waals surface area contributed by atoms with E-state index in [9.17, 15) is 0 Å². The number of para-hydroxylation sites is 2. The lowest BCUT2D eigenvalue weighted by molar-refractivity contribution is 0.661. The lowest BCUT2D eigenvalue weighted by atomic mass is 9.79. The van der Waals surface area contributed by atoms with Crippen LogP contribution >= 0.6 is 11.3 Å². The zero-order valence-corrected chi connectivity index (χ0v) is 43.8. The summed E-state index contributed by atoms with van der Waals surface area (Å²) in [5, 5.41) is 12.5. The van der Waals surface area contributed by atoms with Crippen molar-refractivity contribution in [2.75, 3.05) is 0 Å². The number of hydrogen-bond acceptors (Lipinski definition) is 3. The molecule has 2 aliphatic carbocycles. The molecule has 2 nitrogen and oxygen atoms in total. The van der Waals surface area contributed by atoms with Crippen LogP contribution in [0.5, 0.6) is 0 Å². The van der Waals surface area contributed by atoms with Gasteiger partial charge in [0.05, 0.1) is 0 Å². The number of furan rings is 2. The summed E-state index contributed by atoms with van der Waals surface area (Å²) in [6, 6.07) is 81.2. The van der Waals surface area contributed by atoms with E-state index in [1.807, 2.05) is 23.5 Å². The van der Waals surface area contributed by atoms with Gasteiger partial charge in [-0.15, -0.1) is 11.3 Å². The van der Waals surface area contributed by atoms with Crippen molar-refractivity contribution in [3.05, 3.63) is 241 Å². The van der Waals surface area contributed by atoms with Gasteiger partial charge in [0.2, 0.25) is 0 Å². The monoisotopic (exact) mass is 1000 g/mol. The zero-order chi connectivity index (χ0) is 51.1. The maximum absolute atomic E-state index is 6.28. The molecule has 0 bridgehead atoms. The van der Waals surface area contributed by atoms with E-state index in [-0.39, 0.29) is 10.8 Å². The normalized spacial score (nSPS) is 14.2. The highest BCUT2D eigenvalue weighted by Crippen LogP contribution is 2.58. The molecule has 0 spiro atoms. The predicted molar refractivity (Wildman–Crippen MR) is 326 cm³/mol. The van der Waals surface area contributed by atoms with Crippen LogP contribution in [0.1, 0.15) is 49.9 Å². The molecular formula is C74H48O2S. The minimum absolute atomic E-state index is 0.218. The fraction of sp³-hybridized carbons (Fsp3) is 0.0811. The van der Waals surface area contributed by atoms with E-state index in [4.69, 9.17) is 8.83 Å². The molecule has 12 aromatic carbocycles. The van der Waals surface area contributed by atoms with Crippen molar-refractivity contribution < 1.29 is 8.83 Å². The Balaban J connectivity index is 0.763. The molecular weight excluding hydrogens is 953 g/mol. The van der Waals surface area contributed by atoms with Crippen LogP contribution in [0.15, 0.2) is 227 Å². The molecule has 17 rings (SSSR count). The fourth-order valence-electron chi connectivity index (χ4n) is 14.1. The lowest BCUT2D eigenvalue weighted by Gasteiger charge is -2.23. The topological polar surface area (TPSA) is 26.3 Å². The molecule has 0 amide bonds. The average Bonchev–Trinajstić information content (AvgIpc) is 4.38. The van der Waals surface area contributed by atoms with Crippen molar-refractivity contribution in [2.45, 2.75) is 38.5 Å². The molecule has 3 heteroatoms. The highest BCUT2D eigenvalue weighted by molar-refractivity contribution is 7.25. The Kier molecular flexibility index (Phi) is 8.60. The molecule has 3 aromatic heterocycles. The molecule has 362 valence electrons. The van der Waals surface area contributed by atoms with Crippen molar-refractivity contribution in [1.29, 1.82) is 0 Å². The minimum Gasteiger partial charge on any atom is -0.456 e. The highest BCUT2D eigenvalue weighted by Gasteiger charge is 2.40. The maximum Gasteiger partial charge on any atom is 0.136 e. The fourth-order valence-corrected chi connectivity index (χ4v) is 15.2. The number of hydrogen-bond donors (Lipinski definition) is 0. The molecule has 0 N–H and O–H groups in total. The summed E-state index contributed by atoms with van der Waals surface area (Å²) in [5.74, 6) is 0. The molecule has 0 unspecified atom stereocenters. The second-order valence-electron chi connectivity index (χ2n) is 22.6. The van der Waals surface area contributed by atoms with Crippen LogP contribution in [0, 0.1) is 0 Å². The molecule has 0 saturated heterocycles. The van der Waals surface area contributed by atoms with Crippen LogP contribution < -0.4 is 0 Å². The Labute approximate surface area is 449 Å². The molecule has 0 saturated carbocycles. The van der Waals surface area contributed by atoms with Gasteiger partial charge >= 0.3 is 0 Å². The van der Waals surface area contributed by atoms with Gasteiger partial charge in [0, 0.05) is 52.5 Å². The summed E-state index contributed by atoms with van der Waals surface area (Å²) < 4.78 is 15.2. The summed E-state index contributed by atoms with van der Waals surface area (Å²) in [6.07, 6.45) is 0. The van der Waals surface area contributed by atoms with Gasteiger partial charge in [0.25, 0.3) is 0 Å². The second-order valence-corrected chi connectivity index (χ2v) is 23.7. The summed E-state index contributed by atoms with van der Waals surface area (Å²) in [4.78, 5) is 0. The Hall–Kier alpha value is -9.02. The molecule has 77 heavy (non-hydrogen) atoms. The Morgan fingerprint density at radius 1 is 0.273 bits per heavy atom. The van der Waals surface area contributed by atoms with Crippen molar-refractivity contribution in [1.82, 2.24) is 0 Å². The summed E-state index contributed by atoms with van der Waals surface area (Å²) in [6.45, 7) is 9.74. The van der Waals surface area contributed by atoms with Gasteiger partial charge in [0.1, 0.15) is 22.3 Å². The van der Waals surface area contributed by atoms with E-state index in [2.05, 4.69) is 234 Å². The molecule has 2 aliphatic rings. The SMILES string of the molecule is CC1(C)c2cc3c(cc2-c2c1cc(-c1ccc(-c4cccc5oc6ccccc6c45)cc1)c1ccccc21)sc1cc2c(cc13)C(C)(C)c1cc(-c3ccc(-c4cccc5oc6ccccc6c45)cc3)c3ccccc3c1-2. The van der Waals surface area contributed by atoms with Crippen molar-refractivity contribution in [3.8, 4) is 66.8 Å². The largest absolute Gasteiger partial charge is 0.456 e. The first-order chi connectivity index (χ1) is 37.7. The van der Waals surface area contributed by atoms with Crippen LogP contribution in [0.25, 0.3) is 152 Å². The van der Waals surface area contributed by atoms with Crippen LogP contribution in [0.3, 0.4) is 0 Å². The Bertz CT molecular complexity index is 4760. The lowest BCUT2D eigenvalue weighted by Crippen LogP contribution is -2.15. The Morgan fingerprint density at radius 2 is 0.623 bits per heavy atom. The van der Waals surface area contributed by atoms with E-state index in [0.29, 0.717) is 0 Å². The number of thiophene rings is 1.